The molecule has 3 aromatic rings. The molecule has 1 aromatic carbocycles. The summed E-state index contributed by atoms with van der Waals surface area (Å²) in [5, 5.41) is 11.5. The van der Waals surface area contributed by atoms with Crippen molar-refractivity contribution >= 4 is 21.4 Å². The number of hydrogen-bond acceptors (Lipinski definition) is 4. The summed E-state index contributed by atoms with van der Waals surface area (Å²) in [6.45, 7) is 1.57. The second-order valence-electron chi connectivity index (χ2n) is 5.27. The SMILES string of the molecule is c1ccc2c(Cn3cnc(CNC4CC4)n3)csc2c1. The topological polar surface area (TPSA) is 42.7 Å². The molecule has 1 fully saturated rings. The second kappa shape index (κ2) is 5.00. The lowest BCUT2D eigenvalue weighted by atomic mass is 10.2. The summed E-state index contributed by atoms with van der Waals surface area (Å²) in [6.07, 6.45) is 4.42. The predicted octanol–water partition coefficient (Wildman–Crippen LogP) is 2.79. The fourth-order valence-corrected chi connectivity index (χ4v) is 3.30. The highest BCUT2D eigenvalue weighted by Crippen LogP contribution is 2.26. The van der Waals surface area contributed by atoms with Crippen LogP contribution in [0.4, 0.5) is 0 Å². The zero-order valence-corrected chi connectivity index (χ0v) is 11.9. The smallest absolute Gasteiger partial charge is 0.164 e. The van der Waals surface area contributed by atoms with E-state index in [2.05, 4.69) is 45.0 Å². The fourth-order valence-electron chi connectivity index (χ4n) is 2.34. The third-order valence-electron chi connectivity index (χ3n) is 3.60. The number of thiophene rings is 1. The molecule has 2 aromatic heterocycles. The molecule has 0 saturated heterocycles. The van der Waals surface area contributed by atoms with Crippen molar-refractivity contribution in [3.63, 3.8) is 0 Å². The largest absolute Gasteiger partial charge is 0.307 e. The summed E-state index contributed by atoms with van der Waals surface area (Å²) in [7, 11) is 0. The minimum absolute atomic E-state index is 0.697. The lowest BCUT2D eigenvalue weighted by Gasteiger charge is -2.00. The summed E-state index contributed by atoms with van der Waals surface area (Å²) in [6, 6.07) is 9.21. The van der Waals surface area contributed by atoms with E-state index in [1.807, 2.05) is 11.0 Å². The lowest BCUT2D eigenvalue weighted by molar-refractivity contribution is 0.629. The van der Waals surface area contributed by atoms with Gasteiger partial charge in [-0.2, -0.15) is 5.10 Å². The van der Waals surface area contributed by atoms with Gasteiger partial charge in [0.2, 0.25) is 0 Å². The Morgan fingerprint density at radius 1 is 1.30 bits per heavy atom. The Morgan fingerprint density at radius 3 is 3.10 bits per heavy atom. The molecule has 0 radical (unpaired) electrons. The third kappa shape index (κ3) is 2.46. The molecule has 102 valence electrons. The van der Waals surface area contributed by atoms with Gasteiger partial charge in [-0.05, 0) is 35.2 Å². The molecule has 5 heteroatoms. The molecule has 4 rings (SSSR count). The molecule has 2 heterocycles. The van der Waals surface area contributed by atoms with Gasteiger partial charge >= 0.3 is 0 Å². The van der Waals surface area contributed by atoms with Crippen molar-refractivity contribution in [3.05, 3.63) is 47.4 Å². The van der Waals surface area contributed by atoms with Crippen LogP contribution in [0.15, 0.2) is 36.0 Å². The first kappa shape index (κ1) is 12.1. The van der Waals surface area contributed by atoms with Crippen molar-refractivity contribution in [3.8, 4) is 0 Å². The van der Waals surface area contributed by atoms with Gasteiger partial charge < -0.3 is 5.32 Å². The van der Waals surface area contributed by atoms with E-state index in [4.69, 9.17) is 0 Å². The zero-order valence-electron chi connectivity index (χ0n) is 11.1. The van der Waals surface area contributed by atoms with Gasteiger partial charge in [0.15, 0.2) is 5.82 Å². The second-order valence-corrected chi connectivity index (χ2v) is 6.18. The van der Waals surface area contributed by atoms with Gasteiger partial charge in [-0.3, -0.25) is 0 Å². The predicted molar refractivity (Wildman–Crippen MR) is 80.8 cm³/mol. The average molecular weight is 284 g/mol. The van der Waals surface area contributed by atoms with Crippen molar-refractivity contribution in [2.24, 2.45) is 0 Å². The average Bonchev–Trinajstić information content (AvgIpc) is 3.06. The maximum Gasteiger partial charge on any atom is 0.164 e. The summed E-state index contributed by atoms with van der Waals surface area (Å²) >= 11 is 1.79. The van der Waals surface area contributed by atoms with E-state index >= 15 is 0 Å². The first-order chi connectivity index (χ1) is 9.88. The molecular formula is C15H16N4S. The van der Waals surface area contributed by atoms with Crippen LogP contribution in [0.3, 0.4) is 0 Å². The first-order valence-corrected chi connectivity index (χ1v) is 7.83. The minimum Gasteiger partial charge on any atom is -0.307 e. The van der Waals surface area contributed by atoms with Crippen LogP contribution < -0.4 is 5.32 Å². The van der Waals surface area contributed by atoms with Gasteiger partial charge in [-0.15, -0.1) is 11.3 Å². The molecule has 1 saturated carbocycles. The van der Waals surface area contributed by atoms with Crippen molar-refractivity contribution in [1.82, 2.24) is 20.1 Å². The number of rotatable bonds is 5. The summed E-state index contributed by atoms with van der Waals surface area (Å²) < 4.78 is 3.26. The van der Waals surface area contributed by atoms with Crippen molar-refractivity contribution in [2.45, 2.75) is 32.0 Å². The molecule has 4 nitrogen and oxygen atoms in total. The van der Waals surface area contributed by atoms with Crippen LogP contribution in [0, 0.1) is 0 Å². The Bertz CT molecular complexity index is 726. The van der Waals surface area contributed by atoms with Gasteiger partial charge in [-0.25, -0.2) is 9.67 Å². The molecule has 0 aliphatic heterocycles. The van der Waals surface area contributed by atoms with Gasteiger partial charge in [0, 0.05) is 10.7 Å². The Labute approximate surface area is 121 Å². The van der Waals surface area contributed by atoms with Crippen LogP contribution in [0.5, 0.6) is 0 Å². The third-order valence-corrected chi connectivity index (χ3v) is 4.62. The normalized spacial score (nSPS) is 15.0. The highest BCUT2D eigenvalue weighted by molar-refractivity contribution is 7.17. The standard InChI is InChI=1S/C15H16N4S/c1-2-4-14-13(3-1)11(9-20-14)8-19-10-17-15(18-19)7-16-12-5-6-12/h1-4,9-10,12,16H,5-8H2. The molecule has 0 unspecified atom stereocenters. The van der Waals surface area contributed by atoms with Gasteiger partial charge in [0.1, 0.15) is 6.33 Å². The minimum atomic E-state index is 0.697. The number of aromatic nitrogens is 3. The van der Waals surface area contributed by atoms with E-state index in [0.717, 1.165) is 18.9 Å². The highest BCUT2D eigenvalue weighted by atomic mass is 32.1. The number of fused-ring (bicyclic) bond motifs is 1. The Balaban J connectivity index is 1.50. The lowest BCUT2D eigenvalue weighted by Crippen LogP contribution is -2.16. The maximum atomic E-state index is 4.54. The zero-order chi connectivity index (χ0) is 13.4. The summed E-state index contributed by atoms with van der Waals surface area (Å²) in [5.74, 6) is 0.886. The van der Waals surface area contributed by atoms with Crippen LogP contribution in [0.1, 0.15) is 24.2 Å². The van der Waals surface area contributed by atoms with Crippen molar-refractivity contribution in [1.29, 1.82) is 0 Å². The van der Waals surface area contributed by atoms with E-state index in [1.165, 1.54) is 28.5 Å². The highest BCUT2D eigenvalue weighted by Gasteiger charge is 2.20. The number of benzene rings is 1. The molecule has 1 aliphatic rings. The molecule has 1 aliphatic carbocycles. The molecule has 20 heavy (non-hydrogen) atoms. The molecule has 0 amide bonds. The number of hydrogen-bond donors (Lipinski definition) is 1. The Morgan fingerprint density at radius 2 is 2.20 bits per heavy atom. The molecule has 0 atom stereocenters. The van der Waals surface area contributed by atoms with Crippen LogP contribution in [-0.4, -0.2) is 20.8 Å². The van der Waals surface area contributed by atoms with Crippen LogP contribution in [-0.2, 0) is 13.1 Å². The Hall–Kier alpha value is -1.72. The Kier molecular flexibility index (Phi) is 3.01. The van der Waals surface area contributed by atoms with E-state index in [1.54, 1.807) is 11.3 Å². The first-order valence-electron chi connectivity index (χ1n) is 6.95. The van der Waals surface area contributed by atoms with E-state index < -0.39 is 0 Å². The van der Waals surface area contributed by atoms with Crippen LogP contribution in [0.2, 0.25) is 0 Å². The number of nitrogens with zero attached hydrogens (tertiary/aromatic N) is 3. The molecule has 0 spiro atoms. The van der Waals surface area contributed by atoms with Crippen molar-refractivity contribution < 1.29 is 0 Å². The molecular weight excluding hydrogens is 268 g/mol. The van der Waals surface area contributed by atoms with Gasteiger partial charge in [0.05, 0.1) is 13.1 Å². The van der Waals surface area contributed by atoms with Crippen LogP contribution in [0.25, 0.3) is 10.1 Å². The van der Waals surface area contributed by atoms with E-state index in [9.17, 15) is 0 Å². The monoisotopic (exact) mass is 284 g/mol. The van der Waals surface area contributed by atoms with Crippen molar-refractivity contribution in [2.75, 3.05) is 0 Å². The van der Waals surface area contributed by atoms with E-state index in [-0.39, 0.29) is 0 Å². The summed E-state index contributed by atoms with van der Waals surface area (Å²) in [4.78, 5) is 4.37. The number of nitrogens with one attached hydrogen (secondary N) is 1. The molecule has 0 bridgehead atoms. The van der Waals surface area contributed by atoms with Gasteiger partial charge in [-0.1, -0.05) is 18.2 Å². The van der Waals surface area contributed by atoms with Crippen LogP contribution >= 0.6 is 11.3 Å². The quantitative estimate of drug-likeness (QED) is 0.783. The maximum absolute atomic E-state index is 4.54. The summed E-state index contributed by atoms with van der Waals surface area (Å²) in [5.41, 5.74) is 1.32. The van der Waals surface area contributed by atoms with E-state index in [0.29, 0.717) is 6.04 Å². The fraction of sp³-hybridized carbons (Fsp3) is 0.333. The van der Waals surface area contributed by atoms with Gasteiger partial charge in [0.25, 0.3) is 0 Å². The molecule has 1 N–H and O–H groups in total.